The minimum absolute atomic E-state index is 0.0332. The van der Waals surface area contributed by atoms with E-state index in [1.54, 1.807) is 30.9 Å². The van der Waals surface area contributed by atoms with E-state index in [0.717, 1.165) is 5.69 Å². The van der Waals surface area contributed by atoms with E-state index in [0.29, 0.717) is 11.3 Å². The summed E-state index contributed by atoms with van der Waals surface area (Å²) in [7, 11) is 1.77. The number of hydrogen-bond acceptors (Lipinski definition) is 4. The van der Waals surface area contributed by atoms with Crippen LogP contribution in [0.25, 0.3) is 0 Å². The summed E-state index contributed by atoms with van der Waals surface area (Å²) in [4.78, 5) is 26.2. The summed E-state index contributed by atoms with van der Waals surface area (Å²) in [6, 6.07) is 2.63. The van der Waals surface area contributed by atoms with Gasteiger partial charge < -0.3 is 15.7 Å². The van der Waals surface area contributed by atoms with Gasteiger partial charge in [-0.3, -0.25) is 4.68 Å². The first-order chi connectivity index (χ1) is 9.95. The summed E-state index contributed by atoms with van der Waals surface area (Å²) >= 11 is 0. The zero-order chi connectivity index (χ0) is 15.4. The molecule has 0 aromatic carbocycles. The molecule has 0 aliphatic carbocycles. The molecule has 2 aromatic rings. The second-order valence-electron chi connectivity index (χ2n) is 4.47. The maximum absolute atomic E-state index is 11.7. The molecule has 2 amide bonds. The van der Waals surface area contributed by atoms with E-state index in [1.165, 1.54) is 12.3 Å². The number of pyridine rings is 1. The van der Waals surface area contributed by atoms with Crippen molar-refractivity contribution in [3.05, 3.63) is 41.5 Å². The molecule has 0 fully saturated rings. The molecule has 0 saturated carbocycles. The molecule has 0 aliphatic rings. The van der Waals surface area contributed by atoms with E-state index in [2.05, 4.69) is 20.7 Å². The number of carbonyl (C=O) groups is 2. The summed E-state index contributed by atoms with van der Waals surface area (Å²) in [5.41, 5.74) is 2.03. The van der Waals surface area contributed by atoms with Crippen molar-refractivity contribution in [3.8, 4) is 0 Å². The van der Waals surface area contributed by atoms with Gasteiger partial charge in [0.2, 0.25) is 0 Å². The first-order valence-electron chi connectivity index (χ1n) is 6.19. The summed E-state index contributed by atoms with van der Waals surface area (Å²) in [6.07, 6.45) is 3.12. The van der Waals surface area contributed by atoms with Crippen molar-refractivity contribution in [2.75, 3.05) is 5.32 Å². The second-order valence-corrected chi connectivity index (χ2v) is 4.47. The lowest BCUT2D eigenvalue weighted by molar-refractivity contribution is 0.0690. The van der Waals surface area contributed by atoms with Crippen LogP contribution in [0.4, 0.5) is 10.5 Å². The lowest BCUT2D eigenvalue weighted by Crippen LogP contribution is -2.28. The third-order valence-electron chi connectivity index (χ3n) is 2.76. The van der Waals surface area contributed by atoms with Gasteiger partial charge in [-0.25, -0.2) is 14.6 Å². The van der Waals surface area contributed by atoms with E-state index in [4.69, 9.17) is 5.11 Å². The van der Waals surface area contributed by atoms with E-state index < -0.39 is 5.97 Å². The maximum atomic E-state index is 11.7. The van der Waals surface area contributed by atoms with Crippen molar-refractivity contribution in [1.29, 1.82) is 0 Å². The van der Waals surface area contributed by atoms with Gasteiger partial charge in [-0.05, 0) is 18.6 Å². The van der Waals surface area contributed by atoms with Crippen molar-refractivity contribution in [3.63, 3.8) is 0 Å². The van der Waals surface area contributed by atoms with Gasteiger partial charge in [0.25, 0.3) is 0 Å². The van der Waals surface area contributed by atoms with Crippen LogP contribution in [-0.2, 0) is 13.6 Å². The van der Waals surface area contributed by atoms with Crippen molar-refractivity contribution in [1.82, 2.24) is 20.1 Å². The van der Waals surface area contributed by atoms with Crippen LogP contribution in [-0.4, -0.2) is 31.9 Å². The van der Waals surface area contributed by atoms with Gasteiger partial charge in [-0.1, -0.05) is 6.07 Å². The predicted octanol–water partition coefficient (Wildman–Crippen LogP) is 1.14. The highest BCUT2D eigenvalue weighted by Gasteiger charge is 2.08. The van der Waals surface area contributed by atoms with Crippen LogP contribution in [0, 0.1) is 6.92 Å². The SMILES string of the molecule is Cc1nn(C)cc1NC(=O)NCc1ccc(C(=O)O)nc1. The van der Waals surface area contributed by atoms with E-state index in [9.17, 15) is 9.59 Å². The molecule has 0 spiro atoms. The predicted molar refractivity (Wildman–Crippen MR) is 75.0 cm³/mol. The third-order valence-corrected chi connectivity index (χ3v) is 2.76. The van der Waals surface area contributed by atoms with Crippen molar-refractivity contribution < 1.29 is 14.7 Å². The molecule has 2 heterocycles. The molecule has 8 heteroatoms. The van der Waals surface area contributed by atoms with Crippen molar-refractivity contribution >= 4 is 17.7 Å². The molecule has 2 rings (SSSR count). The lowest BCUT2D eigenvalue weighted by Gasteiger charge is -2.06. The van der Waals surface area contributed by atoms with E-state index in [-0.39, 0.29) is 18.3 Å². The number of aromatic nitrogens is 3. The molecule has 110 valence electrons. The fourth-order valence-corrected chi connectivity index (χ4v) is 1.73. The number of carboxylic acid groups (broad SMARTS) is 1. The van der Waals surface area contributed by atoms with E-state index in [1.807, 2.05) is 0 Å². The largest absolute Gasteiger partial charge is 0.477 e. The molecule has 3 N–H and O–H groups in total. The van der Waals surface area contributed by atoms with Crippen LogP contribution in [0.2, 0.25) is 0 Å². The van der Waals surface area contributed by atoms with Crippen LogP contribution < -0.4 is 10.6 Å². The number of rotatable bonds is 4. The van der Waals surface area contributed by atoms with Crippen molar-refractivity contribution in [2.24, 2.45) is 7.05 Å². The quantitative estimate of drug-likeness (QED) is 0.782. The standard InChI is InChI=1S/C13H15N5O3/c1-8-11(7-18(2)17-8)16-13(21)15-6-9-3-4-10(12(19)20)14-5-9/h3-5,7H,6H2,1-2H3,(H,19,20)(H2,15,16,21). The number of amides is 2. The van der Waals surface area contributed by atoms with Gasteiger partial charge in [-0.15, -0.1) is 0 Å². The Hall–Kier alpha value is -2.90. The monoisotopic (exact) mass is 289 g/mol. The Morgan fingerprint density at radius 1 is 1.38 bits per heavy atom. The average Bonchev–Trinajstić information content (AvgIpc) is 2.75. The van der Waals surface area contributed by atoms with Gasteiger partial charge in [0.1, 0.15) is 5.69 Å². The Balaban J connectivity index is 1.89. The Bertz CT molecular complexity index is 663. The average molecular weight is 289 g/mol. The molecule has 2 aromatic heterocycles. The highest BCUT2D eigenvalue weighted by atomic mass is 16.4. The molecule has 0 atom stereocenters. The number of urea groups is 1. The van der Waals surface area contributed by atoms with Crippen LogP contribution in [0.5, 0.6) is 0 Å². The van der Waals surface area contributed by atoms with Gasteiger partial charge in [0, 0.05) is 26.0 Å². The zero-order valence-corrected chi connectivity index (χ0v) is 11.6. The summed E-state index contributed by atoms with van der Waals surface area (Å²) in [6.45, 7) is 2.04. The van der Waals surface area contributed by atoms with Crippen LogP contribution in [0.15, 0.2) is 24.5 Å². The summed E-state index contributed by atoms with van der Waals surface area (Å²) in [5.74, 6) is -1.08. The summed E-state index contributed by atoms with van der Waals surface area (Å²) in [5, 5.41) is 18.2. The number of aromatic carboxylic acids is 1. The van der Waals surface area contributed by atoms with Crippen LogP contribution in [0.3, 0.4) is 0 Å². The maximum Gasteiger partial charge on any atom is 0.354 e. The van der Waals surface area contributed by atoms with Crippen molar-refractivity contribution in [2.45, 2.75) is 13.5 Å². The number of nitrogens with one attached hydrogen (secondary N) is 2. The Kier molecular flexibility index (Phi) is 4.17. The molecule has 8 nitrogen and oxygen atoms in total. The minimum atomic E-state index is -1.08. The fourth-order valence-electron chi connectivity index (χ4n) is 1.73. The van der Waals surface area contributed by atoms with E-state index >= 15 is 0 Å². The molecule has 0 aliphatic heterocycles. The minimum Gasteiger partial charge on any atom is -0.477 e. The first kappa shape index (κ1) is 14.5. The zero-order valence-electron chi connectivity index (χ0n) is 11.6. The molecule has 0 saturated heterocycles. The first-order valence-corrected chi connectivity index (χ1v) is 6.19. The van der Waals surface area contributed by atoms with Gasteiger partial charge in [0.15, 0.2) is 0 Å². The number of nitrogens with zero attached hydrogens (tertiary/aromatic N) is 3. The summed E-state index contributed by atoms with van der Waals surface area (Å²) < 4.78 is 1.61. The molecule has 0 radical (unpaired) electrons. The number of anilines is 1. The molecule has 0 unspecified atom stereocenters. The number of carbonyl (C=O) groups excluding carboxylic acids is 1. The fraction of sp³-hybridized carbons (Fsp3) is 0.231. The highest BCUT2D eigenvalue weighted by Crippen LogP contribution is 2.10. The second kappa shape index (κ2) is 6.04. The molecular formula is C13H15N5O3. The molecular weight excluding hydrogens is 274 g/mol. The lowest BCUT2D eigenvalue weighted by atomic mass is 10.2. The van der Waals surface area contributed by atoms with Gasteiger partial charge in [0.05, 0.1) is 11.4 Å². The molecule has 0 bridgehead atoms. The normalized spacial score (nSPS) is 10.2. The third kappa shape index (κ3) is 3.78. The number of carboxylic acids is 1. The van der Waals surface area contributed by atoms with Crippen LogP contribution in [0.1, 0.15) is 21.7 Å². The Morgan fingerprint density at radius 2 is 2.14 bits per heavy atom. The number of aryl methyl sites for hydroxylation is 2. The highest BCUT2D eigenvalue weighted by molar-refractivity contribution is 5.89. The number of hydrogen-bond donors (Lipinski definition) is 3. The topological polar surface area (TPSA) is 109 Å². The Labute approximate surface area is 120 Å². The van der Waals surface area contributed by atoms with Crippen LogP contribution >= 0.6 is 0 Å². The molecule has 21 heavy (non-hydrogen) atoms. The smallest absolute Gasteiger partial charge is 0.354 e. The Morgan fingerprint density at radius 3 is 2.67 bits per heavy atom. The van der Waals surface area contributed by atoms with Gasteiger partial charge in [-0.2, -0.15) is 5.10 Å². The van der Waals surface area contributed by atoms with Gasteiger partial charge >= 0.3 is 12.0 Å².